The van der Waals surface area contributed by atoms with Crippen LogP contribution in [0.1, 0.15) is 54.7 Å². The van der Waals surface area contributed by atoms with Crippen LogP contribution in [0.2, 0.25) is 0 Å². The van der Waals surface area contributed by atoms with Crippen LogP contribution in [0.3, 0.4) is 0 Å². The summed E-state index contributed by atoms with van der Waals surface area (Å²) in [5, 5.41) is 6.84. The third-order valence-electron chi connectivity index (χ3n) is 5.82. The number of rotatable bonds is 9. The number of carbonyl (C=O) groups excluding carboxylic acids is 3. The lowest BCUT2D eigenvalue weighted by molar-refractivity contribution is 0.0728. The molecule has 0 saturated carbocycles. The second-order valence-corrected chi connectivity index (χ2v) is 8.99. The number of hydrogen-bond acceptors (Lipinski definition) is 6. The van der Waals surface area contributed by atoms with E-state index < -0.39 is 11.9 Å². The van der Waals surface area contributed by atoms with Crippen LogP contribution in [0.25, 0.3) is 0 Å². The van der Waals surface area contributed by atoms with Gasteiger partial charge in [0.2, 0.25) is 0 Å². The van der Waals surface area contributed by atoms with E-state index in [1.165, 1.54) is 6.21 Å². The van der Waals surface area contributed by atoms with Crippen molar-refractivity contribution in [3.63, 3.8) is 0 Å². The predicted octanol–water partition coefficient (Wildman–Crippen LogP) is 5.94. The average molecular weight is 536 g/mol. The van der Waals surface area contributed by atoms with Gasteiger partial charge in [-0.15, -0.1) is 0 Å². The van der Waals surface area contributed by atoms with Gasteiger partial charge in [0.05, 0.1) is 18.4 Å². The molecule has 4 rings (SSSR count). The first-order chi connectivity index (χ1) is 19.3. The summed E-state index contributed by atoms with van der Waals surface area (Å²) in [5.41, 5.74) is 7.08. The van der Waals surface area contributed by atoms with E-state index in [4.69, 9.17) is 9.47 Å². The van der Waals surface area contributed by atoms with Crippen LogP contribution in [-0.2, 0) is 0 Å². The van der Waals surface area contributed by atoms with E-state index in [1.807, 2.05) is 45.0 Å². The van der Waals surface area contributed by atoms with Crippen LogP contribution in [0.4, 0.5) is 5.69 Å². The van der Waals surface area contributed by atoms with Crippen LogP contribution >= 0.6 is 0 Å². The zero-order chi connectivity index (χ0) is 28.5. The summed E-state index contributed by atoms with van der Waals surface area (Å²) in [7, 11) is 0. The molecule has 0 atom stereocenters. The number of ether oxygens (including phenoxy) is 2. The molecule has 2 N–H and O–H groups in total. The zero-order valence-corrected chi connectivity index (χ0v) is 22.4. The fourth-order valence-electron chi connectivity index (χ4n) is 3.73. The Labute approximate surface area is 232 Å². The fourth-order valence-corrected chi connectivity index (χ4v) is 3.73. The minimum absolute atomic E-state index is 0.229. The van der Waals surface area contributed by atoms with Gasteiger partial charge in [0, 0.05) is 16.8 Å². The number of carbonyl (C=O) groups is 3. The standard InChI is InChI=1S/C32H29N3O5/c1-4-39-29-19-23(10-17-28(29)40-32(38)25-11-8-21(2)9-12-25)20-33-35-31(37)24-13-15-27(16-14-24)34-30(36)26-7-5-6-22(3)18-26/h5-20H,4H2,1-3H3,(H,34,36)(H,35,37)/b33-20-. The Morgan fingerprint density at radius 3 is 2.17 bits per heavy atom. The topological polar surface area (TPSA) is 106 Å². The molecule has 2 amide bonds. The van der Waals surface area contributed by atoms with Crippen molar-refractivity contribution in [2.75, 3.05) is 11.9 Å². The summed E-state index contributed by atoms with van der Waals surface area (Å²) in [6.07, 6.45) is 1.46. The minimum Gasteiger partial charge on any atom is -0.490 e. The number of amides is 2. The van der Waals surface area contributed by atoms with Gasteiger partial charge in [0.1, 0.15) is 0 Å². The smallest absolute Gasteiger partial charge is 0.343 e. The summed E-state index contributed by atoms with van der Waals surface area (Å²) in [5.74, 6) is -0.477. The number of esters is 1. The molecular formula is C32H29N3O5. The molecule has 0 aromatic heterocycles. The van der Waals surface area contributed by atoms with Crippen molar-refractivity contribution in [1.82, 2.24) is 5.43 Å². The number of anilines is 1. The summed E-state index contributed by atoms with van der Waals surface area (Å²) in [6, 6.07) is 25.9. The Balaban J connectivity index is 1.36. The van der Waals surface area contributed by atoms with Crippen LogP contribution in [-0.4, -0.2) is 30.6 Å². The van der Waals surface area contributed by atoms with E-state index in [-0.39, 0.29) is 11.7 Å². The molecule has 40 heavy (non-hydrogen) atoms. The molecule has 0 fully saturated rings. The highest BCUT2D eigenvalue weighted by Gasteiger charge is 2.13. The van der Waals surface area contributed by atoms with Crippen LogP contribution < -0.4 is 20.2 Å². The largest absolute Gasteiger partial charge is 0.490 e. The van der Waals surface area contributed by atoms with E-state index in [9.17, 15) is 14.4 Å². The number of hydrazone groups is 1. The van der Waals surface area contributed by atoms with Crippen molar-refractivity contribution in [1.29, 1.82) is 0 Å². The van der Waals surface area contributed by atoms with Gasteiger partial charge in [-0.25, -0.2) is 10.2 Å². The molecule has 0 spiro atoms. The quantitative estimate of drug-likeness (QED) is 0.119. The Bertz CT molecular complexity index is 1540. The molecule has 0 saturated heterocycles. The maximum Gasteiger partial charge on any atom is 0.343 e. The highest BCUT2D eigenvalue weighted by molar-refractivity contribution is 6.04. The monoisotopic (exact) mass is 535 g/mol. The van der Waals surface area contributed by atoms with Gasteiger partial charge in [-0.05, 0) is 93.1 Å². The molecule has 202 valence electrons. The summed E-state index contributed by atoms with van der Waals surface area (Å²) >= 11 is 0. The van der Waals surface area contributed by atoms with Gasteiger partial charge >= 0.3 is 5.97 Å². The lowest BCUT2D eigenvalue weighted by Crippen LogP contribution is -2.18. The first kappa shape index (κ1) is 27.8. The molecule has 0 bridgehead atoms. The molecule has 0 aliphatic carbocycles. The van der Waals surface area contributed by atoms with Crippen molar-refractivity contribution in [2.24, 2.45) is 5.10 Å². The Hall–Kier alpha value is -5.24. The Morgan fingerprint density at radius 2 is 1.48 bits per heavy atom. The Kier molecular flexibility index (Phi) is 9.04. The third-order valence-corrected chi connectivity index (χ3v) is 5.82. The highest BCUT2D eigenvalue weighted by atomic mass is 16.6. The summed E-state index contributed by atoms with van der Waals surface area (Å²) < 4.78 is 11.2. The van der Waals surface area contributed by atoms with Crippen molar-refractivity contribution >= 4 is 29.7 Å². The molecule has 0 unspecified atom stereocenters. The van der Waals surface area contributed by atoms with E-state index in [0.29, 0.717) is 40.3 Å². The molecule has 0 aliphatic rings. The maximum absolute atomic E-state index is 12.5. The molecule has 0 radical (unpaired) electrons. The average Bonchev–Trinajstić information content (AvgIpc) is 2.95. The van der Waals surface area contributed by atoms with Crippen molar-refractivity contribution in [3.05, 3.63) is 124 Å². The van der Waals surface area contributed by atoms with Crippen LogP contribution in [0, 0.1) is 13.8 Å². The van der Waals surface area contributed by atoms with E-state index in [0.717, 1.165) is 11.1 Å². The normalized spacial score (nSPS) is 10.7. The van der Waals surface area contributed by atoms with Crippen molar-refractivity contribution < 1.29 is 23.9 Å². The molecule has 8 nitrogen and oxygen atoms in total. The highest BCUT2D eigenvalue weighted by Crippen LogP contribution is 2.29. The molecule has 4 aromatic carbocycles. The first-order valence-electron chi connectivity index (χ1n) is 12.7. The zero-order valence-electron chi connectivity index (χ0n) is 22.4. The minimum atomic E-state index is -0.490. The molecule has 0 heterocycles. The van der Waals surface area contributed by atoms with Gasteiger partial charge < -0.3 is 14.8 Å². The van der Waals surface area contributed by atoms with Gasteiger partial charge in [-0.1, -0.05) is 35.4 Å². The number of aryl methyl sites for hydroxylation is 2. The second kappa shape index (κ2) is 13.0. The number of hydrogen-bond donors (Lipinski definition) is 2. The van der Waals surface area contributed by atoms with E-state index >= 15 is 0 Å². The lowest BCUT2D eigenvalue weighted by Gasteiger charge is -2.11. The van der Waals surface area contributed by atoms with E-state index in [1.54, 1.807) is 66.7 Å². The molecule has 0 aliphatic heterocycles. The number of nitrogens with one attached hydrogen (secondary N) is 2. The van der Waals surface area contributed by atoms with Crippen LogP contribution in [0.15, 0.2) is 96.1 Å². The van der Waals surface area contributed by atoms with Gasteiger partial charge in [-0.2, -0.15) is 5.10 Å². The second-order valence-electron chi connectivity index (χ2n) is 8.99. The number of nitrogens with zero attached hydrogens (tertiary/aromatic N) is 1. The lowest BCUT2D eigenvalue weighted by atomic mass is 10.1. The van der Waals surface area contributed by atoms with Crippen LogP contribution in [0.5, 0.6) is 11.5 Å². The SMILES string of the molecule is CCOc1cc(/C=N\NC(=O)c2ccc(NC(=O)c3cccc(C)c3)cc2)ccc1OC(=O)c1ccc(C)cc1. The van der Waals surface area contributed by atoms with Gasteiger partial charge in [0.15, 0.2) is 11.5 Å². The van der Waals surface area contributed by atoms with Crippen molar-refractivity contribution in [2.45, 2.75) is 20.8 Å². The molecule has 8 heteroatoms. The van der Waals surface area contributed by atoms with Crippen molar-refractivity contribution in [3.8, 4) is 11.5 Å². The predicted molar refractivity (Wildman–Crippen MR) is 154 cm³/mol. The molecular weight excluding hydrogens is 506 g/mol. The van der Waals surface area contributed by atoms with E-state index in [2.05, 4.69) is 15.8 Å². The fraction of sp³-hybridized carbons (Fsp3) is 0.125. The maximum atomic E-state index is 12.5. The number of benzene rings is 4. The summed E-state index contributed by atoms with van der Waals surface area (Å²) in [4.78, 5) is 37.5. The summed E-state index contributed by atoms with van der Waals surface area (Å²) in [6.45, 7) is 6.06. The molecule has 4 aromatic rings. The van der Waals surface area contributed by atoms with Gasteiger partial charge in [-0.3, -0.25) is 9.59 Å². The first-order valence-corrected chi connectivity index (χ1v) is 12.7. The van der Waals surface area contributed by atoms with Gasteiger partial charge in [0.25, 0.3) is 11.8 Å². The third kappa shape index (κ3) is 7.41. The Morgan fingerprint density at radius 1 is 0.750 bits per heavy atom.